The van der Waals surface area contributed by atoms with Gasteiger partial charge in [-0.2, -0.15) is 0 Å². The summed E-state index contributed by atoms with van der Waals surface area (Å²) in [4.78, 5) is 27.0. The van der Waals surface area contributed by atoms with Gasteiger partial charge in [-0.25, -0.2) is 0 Å². The van der Waals surface area contributed by atoms with Gasteiger partial charge in [0.2, 0.25) is 5.91 Å². The van der Waals surface area contributed by atoms with Crippen molar-refractivity contribution in [3.8, 4) is 0 Å². The first-order valence-corrected chi connectivity index (χ1v) is 5.86. The number of hydrogen-bond acceptors (Lipinski definition) is 4. The molecule has 0 bridgehead atoms. The van der Waals surface area contributed by atoms with Crippen LogP contribution in [0.2, 0.25) is 0 Å². The van der Waals surface area contributed by atoms with Gasteiger partial charge in [0.25, 0.3) is 5.56 Å². The minimum atomic E-state index is -0.0689. The van der Waals surface area contributed by atoms with Gasteiger partial charge in [0.1, 0.15) is 0 Å². The van der Waals surface area contributed by atoms with Crippen molar-refractivity contribution in [1.82, 2.24) is 19.8 Å². The van der Waals surface area contributed by atoms with Gasteiger partial charge in [-0.05, 0) is 13.8 Å². The van der Waals surface area contributed by atoms with Crippen LogP contribution in [0.25, 0.3) is 0 Å². The van der Waals surface area contributed by atoms with Crippen molar-refractivity contribution in [3.63, 3.8) is 0 Å². The lowest BCUT2D eigenvalue weighted by Crippen LogP contribution is -2.51. The molecular formula is C12H20N4O2. The van der Waals surface area contributed by atoms with Gasteiger partial charge < -0.3 is 14.8 Å². The Morgan fingerprint density at radius 1 is 1.39 bits per heavy atom. The minimum absolute atomic E-state index is 0.0689. The Morgan fingerprint density at radius 3 is 2.50 bits per heavy atom. The van der Waals surface area contributed by atoms with E-state index in [2.05, 4.69) is 17.2 Å². The summed E-state index contributed by atoms with van der Waals surface area (Å²) in [7, 11) is 3.54. The van der Waals surface area contributed by atoms with Gasteiger partial charge in [-0.1, -0.05) is 0 Å². The SMILES string of the molecule is CC1CN(C)C(=O)CN1.Cc1cn(C)c(=O)cn1. The second-order valence-corrected chi connectivity index (χ2v) is 4.53. The third-order valence-corrected chi connectivity index (χ3v) is 2.68. The van der Waals surface area contributed by atoms with E-state index in [4.69, 9.17) is 0 Å². The maximum Gasteiger partial charge on any atom is 0.268 e. The highest BCUT2D eigenvalue weighted by atomic mass is 16.2. The van der Waals surface area contributed by atoms with Gasteiger partial charge in [0.15, 0.2) is 0 Å². The molecule has 1 unspecified atom stereocenters. The number of likely N-dealkylation sites (N-methyl/N-ethyl adjacent to an activating group) is 1. The van der Waals surface area contributed by atoms with Crippen LogP contribution >= 0.6 is 0 Å². The fourth-order valence-corrected chi connectivity index (χ4v) is 1.60. The van der Waals surface area contributed by atoms with Crippen LogP contribution in [0, 0.1) is 6.92 Å². The van der Waals surface area contributed by atoms with E-state index in [-0.39, 0.29) is 11.5 Å². The van der Waals surface area contributed by atoms with Crippen molar-refractivity contribution in [1.29, 1.82) is 0 Å². The van der Waals surface area contributed by atoms with Crippen LogP contribution in [0.15, 0.2) is 17.2 Å². The van der Waals surface area contributed by atoms with Crippen LogP contribution in [0.3, 0.4) is 0 Å². The second kappa shape index (κ2) is 6.30. The number of hydrogen-bond donors (Lipinski definition) is 1. The van der Waals surface area contributed by atoms with Crippen molar-refractivity contribution in [2.75, 3.05) is 20.1 Å². The lowest BCUT2D eigenvalue weighted by molar-refractivity contribution is -0.131. The highest BCUT2D eigenvalue weighted by Gasteiger charge is 2.17. The summed E-state index contributed by atoms with van der Waals surface area (Å²) in [6, 6.07) is 0.452. The van der Waals surface area contributed by atoms with E-state index in [1.54, 1.807) is 18.1 Å². The molecule has 18 heavy (non-hydrogen) atoms. The van der Waals surface area contributed by atoms with Crippen LogP contribution in [-0.4, -0.2) is 46.5 Å². The predicted octanol–water partition coefficient (Wildman–Crippen LogP) is -0.475. The molecule has 2 rings (SSSR count). The quantitative estimate of drug-likeness (QED) is 0.677. The molecule has 1 aliphatic rings. The van der Waals surface area contributed by atoms with Gasteiger partial charge >= 0.3 is 0 Å². The largest absolute Gasteiger partial charge is 0.343 e. The fraction of sp³-hybridized carbons (Fsp3) is 0.583. The molecule has 1 aromatic rings. The Balaban J connectivity index is 0.000000180. The van der Waals surface area contributed by atoms with E-state index in [1.165, 1.54) is 10.8 Å². The van der Waals surface area contributed by atoms with Crippen LogP contribution in [-0.2, 0) is 11.8 Å². The molecule has 100 valence electrons. The molecule has 1 aromatic heterocycles. The van der Waals surface area contributed by atoms with Crippen LogP contribution < -0.4 is 10.9 Å². The Hall–Kier alpha value is -1.69. The molecule has 1 atom stereocenters. The van der Waals surface area contributed by atoms with Crippen molar-refractivity contribution < 1.29 is 4.79 Å². The monoisotopic (exact) mass is 252 g/mol. The maximum atomic E-state index is 10.8. The molecule has 0 radical (unpaired) electrons. The normalized spacial score (nSPS) is 19.2. The van der Waals surface area contributed by atoms with Gasteiger partial charge in [-0.15, -0.1) is 0 Å². The average Bonchev–Trinajstić information content (AvgIpc) is 2.30. The molecule has 6 heteroatoms. The summed E-state index contributed by atoms with van der Waals surface area (Å²) in [5, 5.41) is 3.07. The van der Waals surface area contributed by atoms with Gasteiger partial charge in [-0.3, -0.25) is 14.6 Å². The van der Waals surface area contributed by atoms with Crippen molar-refractivity contribution in [2.24, 2.45) is 7.05 Å². The molecule has 1 aliphatic heterocycles. The number of nitrogens with one attached hydrogen (secondary N) is 1. The lowest BCUT2D eigenvalue weighted by Gasteiger charge is -2.28. The maximum absolute atomic E-state index is 10.8. The van der Waals surface area contributed by atoms with E-state index in [0.29, 0.717) is 12.6 Å². The highest BCUT2D eigenvalue weighted by molar-refractivity contribution is 5.78. The third kappa shape index (κ3) is 4.29. The Morgan fingerprint density at radius 2 is 2.06 bits per heavy atom. The number of rotatable bonds is 0. The molecule has 1 fully saturated rings. The zero-order valence-corrected chi connectivity index (χ0v) is 11.3. The van der Waals surface area contributed by atoms with Gasteiger partial charge in [0.05, 0.1) is 18.4 Å². The zero-order chi connectivity index (χ0) is 13.7. The topological polar surface area (TPSA) is 67.2 Å². The molecule has 6 nitrogen and oxygen atoms in total. The summed E-state index contributed by atoms with van der Waals surface area (Å²) in [6.07, 6.45) is 3.01. The molecule has 1 saturated heterocycles. The summed E-state index contributed by atoms with van der Waals surface area (Å²) >= 11 is 0. The van der Waals surface area contributed by atoms with Gasteiger partial charge in [0, 0.05) is 32.9 Å². The summed E-state index contributed by atoms with van der Waals surface area (Å²) in [6.45, 7) is 5.25. The van der Waals surface area contributed by atoms with E-state index < -0.39 is 0 Å². The second-order valence-electron chi connectivity index (χ2n) is 4.53. The first-order chi connectivity index (χ1) is 8.40. The zero-order valence-electron chi connectivity index (χ0n) is 11.3. The Labute approximate surface area is 107 Å². The average molecular weight is 252 g/mol. The van der Waals surface area contributed by atoms with Crippen LogP contribution in [0.1, 0.15) is 12.6 Å². The van der Waals surface area contributed by atoms with Crippen molar-refractivity contribution >= 4 is 5.91 Å². The number of aryl methyl sites for hydroxylation is 2. The third-order valence-electron chi connectivity index (χ3n) is 2.68. The number of carbonyl (C=O) groups is 1. The van der Waals surface area contributed by atoms with Crippen LogP contribution in [0.5, 0.6) is 0 Å². The van der Waals surface area contributed by atoms with E-state index in [9.17, 15) is 9.59 Å². The molecule has 0 aromatic carbocycles. The molecule has 0 aliphatic carbocycles. The summed E-state index contributed by atoms with van der Waals surface area (Å²) in [5.74, 6) is 0.188. The first-order valence-electron chi connectivity index (χ1n) is 5.86. The summed E-state index contributed by atoms with van der Waals surface area (Å²) in [5.41, 5.74) is 0.790. The number of nitrogens with zero attached hydrogens (tertiary/aromatic N) is 3. The minimum Gasteiger partial charge on any atom is -0.343 e. The van der Waals surface area contributed by atoms with Crippen molar-refractivity contribution in [3.05, 3.63) is 28.4 Å². The fourth-order valence-electron chi connectivity index (χ4n) is 1.60. The molecule has 1 amide bonds. The van der Waals surface area contributed by atoms with Crippen molar-refractivity contribution in [2.45, 2.75) is 19.9 Å². The number of piperazine rings is 1. The molecule has 2 heterocycles. The number of amides is 1. The first kappa shape index (κ1) is 14.4. The molecule has 1 N–H and O–H groups in total. The number of carbonyl (C=O) groups excluding carboxylic acids is 1. The highest BCUT2D eigenvalue weighted by Crippen LogP contribution is 1.94. The molecular weight excluding hydrogens is 232 g/mol. The smallest absolute Gasteiger partial charge is 0.268 e. The molecule has 0 spiro atoms. The van der Waals surface area contributed by atoms with E-state index in [0.717, 1.165) is 12.2 Å². The van der Waals surface area contributed by atoms with Crippen LogP contribution in [0.4, 0.5) is 0 Å². The molecule has 0 saturated carbocycles. The summed E-state index contributed by atoms with van der Waals surface area (Å²) < 4.78 is 1.50. The predicted molar refractivity (Wildman–Crippen MR) is 69.3 cm³/mol. The Kier molecular flexibility index (Phi) is 5.03. The number of aromatic nitrogens is 2. The Bertz CT molecular complexity index is 469. The van der Waals surface area contributed by atoms with E-state index in [1.807, 2.05) is 14.0 Å². The lowest BCUT2D eigenvalue weighted by atomic mass is 10.2. The van der Waals surface area contributed by atoms with E-state index >= 15 is 0 Å². The standard InChI is InChI=1S/C6H12N2O.C6H8N2O/c2*1-5-4-8(2)6(9)3-7-5/h5,7H,3-4H2,1-2H3;3-4H,1-2H3.